The van der Waals surface area contributed by atoms with E-state index in [9.17, 15) is 17.2 Å². The number of nitrogens with zero attached hydrogens (tertiary/aromatic N) is 2. The van der Waals surface area contributed by atoms with E-state index in [2.05, 4.69) is 0 Å². The third-order valence-electron chi connectivity index (χ3n) is 3.28. The lowest BCUT2D eigenvalue weighted by Crippen LogP contribution is -2.39. The van der Waals surface area contributed by atoms with Crippen molar-refractivity contribution in [3.63, 3.8) is 0 Å². The molecule has 0 amide bonds. The summed E-state index contributed by atoms with van der Waals surface area (Å²) >= 11 is 0. The van der Waals surface area contributed by atoms with Crippen molar-refractivity contribution in [3.8, 4) is 0 Å². The lowest BCUT2D eigenvalue weighted by atomic mass is 10.0. The fourth-order valence-electron chi connectivity index (χ4n) is 2.31. The molecule has 1 saturated heterocycles. The number of halogens is 2. The Bertz CT molecular complexity index is 575. The van der Waals surface area contributed by atoms with Crippen LogP contribution >= 0.6 is 0 Å². The maximum absolute atomic E-state index is 13.8. The van der Waals surface area contributed by atoms with Crippen LogP contribution in [0.1, 0.15) is 24.4 Å². The maximum Gasteiger partial charge on any atom is 0.282 e. The lowest BCUT2D eigenvalue weighted by Gasteiger charge is -2.27. The van der Waals surface area contributed by atoms with Gasteiger partial charge in [0.25, 0.3) is 10.2 Å². The second-order valence-electron chi connectivity index (χ2n) is 4.72. The van der Waals surface area contributed by atoms with Crippen molar-refractivity contribution < 1.29 is 17.2 Å². The molecule has 0 radical (unpaired) electrons. The van der Waals surface area contributed by atoms with Gasteiger partial charge in [-0.15, -0.1) is 0 Å². The Morgan fingerprint density at radius 3 is 2.63 bits per heavy atom. The first-order valence-corrected chi connectivity index (χ1v) is 7.38. The monoisotopic (exact) mass is 290 g/mol. The molecule has 19 heavy (non-hydrogen) atoms. The molecule has 1 aliphatic rings. The predicted octanol–water partition coefficient (Wildman–Crippen LogP) is 1.91. The van der Waals surface area contributed by atoms with Crippen molar-refractivity contribution in [2.75, 3.05) is 20.6 Å². The van der Waals surface area contributed by atoms with Crippen LogP contribution in [0.25, 0.3) is 0 Å². The predicted molar refractivity (Wildman–Crippen MR) is 67.6 cm³/mol. The van der Waals surface area contributed by atoms with Crippen molar-refractivity contribution in [3.05, 3.63) is 35.4 Å². The molecule has 0 spiro atoms. The number of benzene rings is 1. The average Bonchev–Trinajstić information content (AvgIpc) is 2.81. The minimum absolute atomic E-state index is 0.0999. The lowest BCUT2D eigenvalue weighted by molar-refractivity contribution is 0.354. The van der Waals surface area contributed by atoms with Crippen LogP contribution < -0.4 is 0 Å². The molecule has 7 heteroatoms. The first kappa shape index (κ1) is 14.4. The summed E-state index contributed by atoms with van der Waals surface area (Å²) in [4.78, 5) is 0. The van der Waals surface area contributed by atoms with E-state index < -0.39 is 27.9 Å². The normalized spacial score (nSPS) is 21.2. The molecule has 106 valence electrons. The molecule has 4 nitrogen and oxygen atoms in total. The summed E-state index contributed by atoms with van der Waals surface area (Å²) in [7, 11) is -0.779. The van der Waals surface area contributed by atoms with E-state index in [0.29, 0.717) is 19.4 Å². The molecule has 2 rings (SSSR count). The third-order valence-corrected chi connectivity index (χ3v) is 5.23. The Morgan fingerprint density at radius 1 is 1.32 bits per heavy atom. The van der Waals surface area contributed by atoms with E-state index in [1.807, 2.05) is 0 Å². The summed E-state index contributed by atoms with van der Waals surface area (Å²) in [6, 6.07) is 2.49. The molecular weight excluding hydrogens is 274 g/mol. The molecule has 1 aliphatic heterocycles. The smallest absolute Gasteiger partial charge is 0.207 e. The van der Waals surface area contributed by atoms with Crippen LogP contribution in [0.15, 0.2) is 18.2 Å². The second-order valence-corrected chi connectivity index (χ2v) is 6.82. The van der Waals surface area contributed by atoms with E-state index in [0.717, 1.165) is 22.5 Å². The average molecular weight is 290 g/mol. The summed E-state index contributed by atoms with van der Waals surface area (Å²) in [5, 5.41) is 0. The highest BCUT2D eigenvalue weighted by atomic mass is 32.2. The summed E-state index contributed by atoms with van der Waals surface area (Å²) in [6.45, 7) is 0.321. The highest BCUT2D eigenvalue weighted by Crippen LogP contribution is 2.36. The Morgan fingerprint density at radius 2 is 2.00 bits per heavy atom. The van der Waals surface area contributed by atoms with Gasteiger partial charge in [-0.1, -0.05) is 0 Å². The highest BCUT2D eigenvalue weighted by molar-refractivity contribution is 7.86. The van der Waals surface area contributed by atoms with Crippen molar-refractivity contribution in [1.82, 2.24) is 8.61 Å². The minimum atomic E-state index is -3.63. The van der Waals surface area contributed by atoms with Gasteiger partial charge in [0.2, 0.25) is 0 Å². The van der Waals surface area contributed by atoms with Crippen LogP contribution in [0, 0.1) is 11.6 Å². The van der Waals surface area contributed by atoms with Gasteiger partial charge in [-0.2, -0.15) is 17.0 Å². The molecule has 1 aromatic carbocycles. The van der Waals surface area contributed by atoms with E-state index in [1.54, 1.807) is 0 Å². The Balaban J connectivity index is 2.42. The third kappa shape index (κ3) is 2.63. The molecule has 0 aliphatic carbocycles. The molecule has 1 unspecified atom stereocenters. The standard InChI is InChI=1S/C12H16F2N2O2S/c1-15(2)19(17,18)16-7-3-4-12(16)10-8-9(13)5-6-11(10)14/h5-6,8,12H,3-4,7H2,1-2H3. The number of hydrogen-bond donors (Lipinski definition) is 0. The summed E-state index contributed by atoms with van der Waals surface area (Å²) in [5.74, 6) is -1.14. The zero-order valence-corrected chi connectivity index (χ0v) is 11.6. The van der Waals surface area contributed by atoms with Crippen molar-refractivity contribution >= 4 is 10.2 Å². The van der Waals surface area contributed by atoms with Gasteiger partial charge in [-0.3, -0.25) is 0 Å². The molecular formula is C12H16F2N2O2S. The van der Waals surface area contributed by atoms with Crippen molar-refractivity contribution in [2.45, 2.75) is 18.9 Å². The van der Waals surface area contributed by atoms with Crippen molar-refractivity contribution in [1.29, 1.82) is 0 Å². The van der Waals surface area contributed by atoms with E-state index in [1.165, 1.54) is 18.4 Å². The van der Waals surface area contributed by atoms with E-state index in [-0.39, 0.29) is 5.56 Å². The Hall–Kier alpha value is -1.05. The van der Waals surface area contributed by atoms with Crippen LogP contribution in [0.5, 0.6) is 0 Å². The summed E-state index contributed by atoms with van der Waals surface area (Å²) < 4.78 is 53.6. The van der Waals surface area contributed by atoms with Crippen LogP contribution in [0.2, 0.25) is 0 Å². The first-order chi connectivity index (χ1) is 8.84. The molecule has 0 bridgehead atoms. The van der Waals surface area contributed by atoms with Crippen LogP contribution in [0.3, 0.4) is 0 Å². The Labute approximate surface area is 111 Å². The fraction of sp³-hybridized carbons (Fsp3) is 0.500. The molecule has 1 aromatic rings. The van der Waals surface area contributed by atoms with Crippen LogP contribution in [-0.4, -0.2) is 37.7 Å². The summed E-state index contributed by atoms with van der Waals surface area (Å²) in [6.07, 6.45) is 1.13. The van der Waals surface area contributed by atoms with Crippen molar-refractivity contribution in [2.24, 2.45) is 0 Å². The largest absolute Gasteiger partial charge is 0.282 e. The molecule has 1 fully saturated rings. The van der Waals surface area contributed by atoms with E-state index in [4.69, 9.17) is 0 Å². The summed E-state index contributed by atoms with van der Waals surface area (Å²) in [5.41, 5.74) is 0.0999. The highest BCUT2D eigenvalue weighted by Gasteiger charge is 2.37. The first-order valence-electron chi connectivity index (χ1n) is 5.98. The maximum atomic E-state index is 13.8. The minimum Gasteiger partial charge on any atom is -0.207 e. The van der Waals surface area contributed by atoms with Crippen LogP contribution in [0.4, 0.5) is 8.78 Å². The van der Waals surface area contributed by atoms with Gasteiger partial charge >= 0.3 is 0 Å². The van der Waals surface area contributed by atoms with Crippen LogP contribution in [-0.2, 0) is 10.2 Å². The molecule has 1 atom stereocenters. The molecule has 1 heterocycles. The van der Waals surface area contributed by atoms with Gasteiger partial charge in [0.05, 0.1) is 6.04 Å². The topological polar surface area (TPSA) is 40.6 Å². The Kier molecular flexibility index (Phi) is 3.89. The van der Waals surface area contributed by atoms with Gasteiger partial charge in [0.1, 0.15) is 11.6 Å². The van der Waals surface area contributed by atoms with Gasteiger partial charge in [-0.25, -0.2) is 8.78 Å². The second kappa shape index (κ2) is 5.15. The molecule has 0 aromatic heterocycles. The quantitative estimate of drug-likeness (QED) is 0.853. The molecule has 0 saturated carbocycles. The van der Waals surface area contributed by atoms with Gasteiger partial charge in [-0.05, 0) is 31.0 Å². The SMILES string of the molecule is CN(C)S(=O)(=O)N1CCCC1c1cc(F)ccc1F. The van der Waals surface area contributed by atoms with Gasteiger partial charge < -0.3 is 0 Å². The number of rotatable bonds is 3. The molecule has 0 N–H and O–H groups in total. The van der Waals surface area contributed by atoms with E-state index >= 15 is 0 Å². The van der Waals surface area contributed by atoms with Gasteiger partial charge in [0, 0.05) is 26.2 Å². The zero-order valence-electron chi connectivity index (χ0n) is 10.8. The van der Waals surface area contributed by atoms with Gasteiger partial charge in [0.15, 0.2) is 0 Å². The fourth-order valence-corrected chi connectivity index (χ4v) is 3.63. The number of hydrogen-bond acceptors (Lipinski definition) is 2. The zero-order chi connectivity index (χ0) is 14.2.